The van der Waals surface area contributed by atoms with Gasteiger partial charge >= 0.3 is 0 Å². The number of likely N-dealkylation sites (N-methyl/N-ethyl adjacent to an activating group) is 1. The van der Waals surface area contributed by atoms with Crippen LogP contribution in [0.5, 0.6) is 0 Å². The fourth-order valence-corrected chi connectivity index (χ4v) is 2.38. The Hall–Kier alpha value is -0.200. The van der Waals surface area contributed by atoms with E-state index >= 15 is 0 Å². The average molecular weight is 246 g/mol. The molecule has 0 spiro atoms. The average Bonchev–Trinajstić information content (AvgIpc) is 2.31. The monoisotopic (exact) mass is 246 g/mol. The maximum atomic E-state index is 9.42. The summed E-state index contributed by atoms with van der Waals surface area (Å²) < 4.78 is 10.4. The number of aliphatic hydroxyl groups excluding tert-OH is 1. The first-order valence-corrected chi connectivity index (χ1v) is 6.32. The summed E-state index contributed by atoms with van der Waals surface area (Å²) in [6.07, 6.45) is 2.20. The second-order valence-electron chi connectivity index (χ2n) is 4.86. The molecule has 0 aliphatic carbocycles. The van der Waals surface area contributed by atoms with Crippen molar-refractivity contribution in [2.75, 3.05) is 47.1 Å². The fourth-order valence-electron chi connectivity index (χ4n) is 2.38. The van der Waals surface area contributed by atoms with Crippen molar-refractivity contribution >= 4 is 0 Å². The SMILES string of the molecule is COCC(N)C(CO)N(C)CC1CCOCC1. The molecule has 17 heavy (non-hydrogen) atoms. The molecule has 5 heteroatoms. The Balaban J connectivity index is 2.38. The van der Waals surface area contributed by atoms with Crippen molar-refractivity contribution in [2.24, 2.45) is 11.7 Å². The van der Waals surface area contributed by atoms with Crippen LogP contribution in [-0.2, 0) is 9.47 Å². The van der Waals surface area contributed by atoms with E-state index in [-0.39, 0.29) is 18.7 Å². The van der Waals surface area contributed by atoms with Crippen molar-refractivity contribution < 1.29 is 14.6 Å². The number of nitrogens with two attached hydrogens (primary N) is 1. The van der Waals surface area contributed by atoms with Gasteiger partial charge in [-0.05, 0) is 25.8 Å². The van der Waals surface area contributed by atoms with Gasteiger partial charge in [0, 0.05) is 39.0 Å². The Bertz CT molecular complexity index is 198. The van der Waals surface area contributed by atoms with Crippen molar-refractivity contribution in [1.82, 2.24) is 4.90 Å². The van der Waals surface area contributed by atoms with E-state index in [1.54, 1.807) is 7.11 Å². The molecule has 5 nitrogen and oxygen atoms in total. The lowest BCUT2D eigenvalue weighted by molar-refractivity contribution is 0.0343. The van der Waals surface area contributed by atoms with Crippen LogP contribution in [-0.4, -0.2) is 69.2 Å². The molecule has 0 amide bonds. The third kappa shape index (κ3) is 4.89. The summed E-state index contributed by atoms with van der Waals surface area (Å²) >= 11 is 0. The van der Waals surface area contributed by atoms with Gasteiger partial charge in [-0.3, -0.25) is 4.90 Å². The number of nitrogens with zero attached hydrogens (tertiary/aromatic N) is 1. The van der Waals surface area contributed by atoms with Crippen molar-refractivity contribution in [3.05, 3.63) is 0 Å². The quantitative estimate of drug-likeness (QED) is 0.644. The summed E-state index contributed by atoms with van der Waals surface area (Å²) in [6.45, 7) is 3.22. The Morgan fingerprint density at radius 2 is 2.12 bits per heavy atom. The van der Waals surface area contributed by atoms with Crippen LogP contribution in [0.1, 0.15) is 12.8 Å². The van der Waals surface area contributed by atoms with Crippen LogP contribution in [0.3, 0.4) is 0 Å². The van der Waals surface area contributed by atoms with E-state index in [1.165, 1.54) is 0 Å². The van der Waals surface area contributed by atoms with Crippen LogP contribution >= 0.6 is 0 Å². The van der Waals surface area contributed by atoms with E-state index in [9.17, 15) is 5.11 Å². The molecule has 0 radical (unpaired) electrons. The van der Waals surface area contributed by atoms with E-state index in [0.29, 0.717) is 12.5 Å². The second-order valence-corrected chi connectivity index (χ2v) is 4.86. The minimum Gasteiger partial charge on any atom is -0.395 e. The van der Waals surface area contributed by atoms with Gasteiger partial charge in [-0.2, -0.15) is 0 Å². The summed E-state index contributed by atoms with van der Waals surface area (Å²) in [5.74, 6) is 0.651. The Kier molecular flexibility index (Phi) is 6.99. The van der Waals surface area contributed by atoms with Crippen molar-refractivity contribution in [3.8, 4) is 0 Å². The molecule has 1 fully saturated rings. The minimum absolute atomic E-state index is 0.0298. The van der Waals surface area contributed by atoms with Crippen molar-refractivity contribution in [2.45, 2.75) is 24.9 Å². The van der Waals surface area contributed by atoms with Gasteiger partial charge < -0.3 is 20.3 Å². The molecule has 1 aliphatic heterocycles. The van der Waals surface area contributed by atoms with Gasteiger partial charge in [-0.25, -0.2) is 0 Å². The van der Waals surface area contributed by atoms with Crippen LogP contribution < -0.4 is 5.73 Å². The van der Waals surface area contributed by atoms with Gasteiger partial charge in [0.15, 0.2) is 0 Å². The zero-order chi connectivity index (χ0) is 12.7. The highest BCUT2D eigenvalue weighted by Crippen LogP contribution is 2.17. The summed E-state index contributed by atoms with van der Waals surface area (Å²) in [7, 11) is 3.65. The number of methoxy groups -OCH3 is 1. The van der Waals surface area contributed by atoms with E-state index in [1.807, 2.05) is 7.05 Å². The molecule has 2 atom stereocenters. The lowest BCUT2D eigenvalue weighted by Gasteiger charge is -2.34. The smallest absolute Gasteiger partial charge is 0.0629 e. The summed E-state index contributed by atoms with van der Waals surface area (Å²) in [6, 6.07) is -0.173. The first kappa shape index (κ1) is 14.9. The van der Waals surface area contributed by atoms with Crippen LogP contribution in [0, 0.1) is 5.92 Å². The minimum atomic E-state index is -0.144. The van der Waals surface area contributed by atoms with Crippen LogP contribution in [0.15, 0.2) is 0 Å². The zero-order valence-corrected chi connectivity index (χ0v) is 11.0. The Labute approximate surface area is 104 Å². The van der Waals surface area contributed by atoms with E-state index in [2.05, 4.69) is 4.90 Å². The molecule has 1 rings (SSSR count). The summed E-state index contributed by atoms with van der Waals surface area (Å²) in [5.41, 5.74) is 5.99. The normalized spacial score (nSPS) is 21.7. The van der Waals surface area contributed by atoms with Gasteiger partial charge in [-0.15, -0.1) is 0 Å². The molecule has 3 N–H and O–H groups in total. The highest BCUT2D eigenvalue weighted by Gasteiger charge is 2.24. The summed E-state index contributed by atoms with van der Waals surface area (Å²) in [5, 5.41) is 9.42. The highest BCUT2D eigenvalue weighted by molar-refractivity contribution is 4.81. The topological polar surface area (TPSA) is 68.0 Å². The molecular weight excluding hydrogens is 220 g/mol. The number of hydrogen-bond acceptors (Lipinski definition) is 5. The first-order chi connectivity index (χ1) is 8.19. The maximum Gasteiger partial charge on any atom is 0.0629 e. The predicted molar refractivity (Wildman–Crippen MR) is 66.9 cm³/mol. The van der Waals surface area contributed by atoms with Gasteiger partial charge in [0.25, 0.3) is 0 Å². The predicted octanol–water partition coefficient (Wildman–Crippen LogP) is -0.321. The third-order valence-corrected chi connectivity index (χ3v) is 3.49. The molecule has 1 aliphatic rings. The van der Waals surface area contributed by atoms with Gasteiger partial charge in [0.1, 0.15) is 0 Å². The van der Waals surface area contributed by atoms with Crippen LogP contribution in [0.25, 0.3) is 0 Å². The number of aliphatic hydroxyl groups is 1. The highest BCUT2D eigenvalue weighted by atomic mass is 16.5. The first-order valence-electron chi connectivity index (χ1n) is 6.32. The number of hydrogen-bond donors (Lipinski definition) is 2. The molecule has 102 valence electrons. The zero-order valence-electron chi connectivity index (χ0n) is 11.0. The summed E-state index contributed by atoms with van der Waals surface area (Å²) in [4.78, 5) is 2.15. The lowest BCUT2D eigenvalue weighted by atomic mass is 9.98. The van der Waals surface area contributed by atoms with Gasteiger partial charge in [-0.1, -0.05) is 0 Å². The van der Waals surface area contributed by atoms with Gasteiger partial charge in [0.2, 0.25) is 0 Å². The van der Waals surface area contributed by atoms with Crippen molar-refractivity contribution in [3.63, 3.8) is 0 Å². The van der Waals surface area contributed by atoms with Gasteiger partial charge in [0.05, 0.1) is 13.2 Å². The van der Waals surface area contributed by atoms with Crippen LogP contribution in [0.4, 0.5) is 0 Å². The fraction of sp³-hybridized carbons (Fsp3) is 1.00. The van der Waals surface area contributed by atoms with Crippen molar-refractivity contribution in [1.29, 1.82) is 0 Å². The number of rotatable bonds is 7. The Morgan fingerprint density at radius 3 is 2.65 bits per heavy atom. The van der Waals surface area contributed by atoms with Crippen LogP contribution in [0.2, 0.25) is 0 Å². The largest absolute Gasteiger partial charge is 0.395 e. The maximum absolute atomic E-state index is 9.42. The standard InChI is InChI=1S/C12H26N2O3/c1-14(7-10-3-5-17-6-4-10)12(8-15)11(13)9-16-2/h10-12,15H,3-9,13H2,1-2H3. The molecule has 0 aromatic rings. The molecule has 0 bridgehead atoms. The molecule has 1 saturated heterocycles. The third-order valence-electron chi connectivity index (χ3n) is 3.49. The molecule has 0 aromatic carbocycles. The molecular formula is C12H26N2O3. The molecule has 2 unspecified atom stereocenters. The lowest BCUT2D eigenvalue weighted by Crippen LogP contribution is -2.52. The Morgan fingerprint density at radius 1 is 1.47 bits per heavy atom. The van der Waals surface area contributed by atoms with E-state index in [0.717, 1.165) is 32.6 Å². The molecule has 0 saturated carbocycles. The molecule has 0 aromatic heterocycles. The molecule has 1 heterocycles. The van der Waals surface area contributed by atoms with E-state index in [4.69, 9.17) is 15.2 Å². The van der Waals surface area contributed by atoms with E-state index < -0.39 is 0 Å². The number of ether oxygens (including phenoxy) is 2. The second kappa shape index (κ2) is 8.00.